The van der Waals surface area contributed by atoms with Crippen LogP contribution in [0.1, 0.15) is 31.7 Å². The first-order valence-electron chi connectivity index (χ1n) is 9.44. The fraction of sp³-hybridized carbons (Fsp3) is 0.650. The monoisotopic (exact) mass is 474 g/mol. The molecule has 1 heterocycles. The van der Waals surface area contributed by atoms with E-state index >= 15 is 0 Å². The topological polar surface area (TPSA) is 48.9 Å². The Morgan fingerprint density at radius 1 is 1.27 bits per heavy atom. The number of halogens is 1. The molecule has 148 valence electrons. The molecular weight excluding hydrogens is 439 g/mol. The molecule has 2 N–H and O–H groups in total. The Kier molecular flexibility index (Phi) is 11.0. The van der Waals surface area contributed by atoms with Crippen LogP contribution in [-0.4, -0.2) is 57.2 Å². The molecule has 1 fully saturated rings. The number of para-hydroxylation sites is 1. The lowest BCUT2D eigenvalue weighted by atomic mass is 9.94. The van der Waals surface area contributed by atoms with Crippen molar-refractivity contribution in [3.8, 4) is 5.75 Å². The Hall–Kier alpha value is -1.02. The first-order valence-corrected chi connectivity index (χ1v) is 9.44. The van der Waals surface area contributed by atoms with Crippen molar-refractivity contribution in [1.82, 2.24) is 15.5 Å². The van der Waals surface area contributed by atoms with Gasteiger partial charge in [0, 0.05) is 13.6 Å². The normalized spacial score (nSPS) is 17.3. The predicted molar refractivity (Wildman–Crippen MR) is 121 cm³/mol. The van der Waals surface area contributed by atoms with E-state index in [-0.39, 0.29) is 30.1 Å². The maximum absolute atomic E-state index is 6.00. The van der Waals surface area contributed by atoms with Crippen LogP contribution in [0.4, 0.5) is 0 Å². The van der Waals surface area contributed by atoms with Crippen molar-refractivity contribution in [1.29, 1.82) is 0 Å². The molecule has 26 heavy (non-hydrogen) atoms. The smallest absolute Gasteiger partial charge is 0.191 e. The highest BCUT2D eigenvalue weighted by Gasteiger charge is 2.16. The maximum Gasteiger partial charge on any atom is 0.191 e. The van der Waals surface area contributed by atoms with Crippen LogP contribution < -0.4 is 15.4 Å². The Balaban J connectivity index is 0.00000338. The minimum atomic E-state index is 0. The molecule has 1 aromatic carbocycles. The summed E-state index contributed by atoms with van der Waals surface area (Å²) in [4.78, 5) is 6.73. The van der Waals surface area contributed by atoms with E-state index in [0.29, 0.717) is 0 Å². The van der Waals surface area contributed by atoms with E-state index in [1.165, 1.54) is 32.4 Å². The van der Waals surface area contributed by atoms with Gasteiger partial charge < -0.3 is 20.3 Å². The molecule has 5 nitrogen and oxygen atoms in total. The molecular formula is C20H35IN4O. The Morgan fingerprint density at radius 3 is 2.62 bits per heavy atom. The first-order chi connectivity index (χ1) is 12.1. The number of rotatable bonds is 7. The van der Waals surface area contributed by atoms with E-state index in [2.05, 4.69) is 47.5 Å². The fourth-order valence-corrected chi connectivity index (χ4v) is 3.15. The Labute approximate surface area is 176 Å². The SMILES string of the molecule is CN=C(NCCC1CCN(C)CC1)NCC(C)Oc1ccccc1C.I. The van der Waals surface area contributed by atoms with Crippen LogP contribution in [0.3, 0.4) is 0 Å². The van der Waals surface area contributed by atoms with Gasteiger partial charge >= 0.3 is 0 Å². The number of hydrogen-bond acceptors (Lipinski definition) is 3. The molecule has 0 bridgehead atoms. The Morgan fingerprint density at radius 2 is 1.96 bits per heavy atom. The molecule has 0 saturated carbocycles. The molecule has 0 aromatic heterocycles. The summed E-state index contributed by atoms with van der Waals surface area (Å²) in [6.45, 7) is 8.30. The van der Waals surface area contributed by atoms with Crippen LogP contribution in [-0.2, 0) is 0 Å². The van der Waals surface area contributed by atoms with Crippen molar-refractivity contribution in [2.75, 3.05) is 40.3 Å². The number of guanidine groups is 1. The molecule has 0 radical (unpaired) electrons. The first kappa shape index (κ1) is 23.0. The number of piperidine rings is 1. The minimum Gasteiger partial charge on any atom is -0.489 e. The fourth-order valence-electron chi connectivity index (χ4n) is 3.15. The largest absolute Gasteiger partial charge is 0.489 e. The van der Waals surface area contributed by atoms with Crippen LogP contribution in [0.5, 0.6) is 5.75 Å². The van der Waals surface area contributed by atoms with E-state index in [1.54, 1.807) is 0 Å². The van der Waals surface area contributed by atoms with Gasteiger partial charge in [0.05, 0.1) is 6.54 Å². The highest BCUT2D eigenvalue weighted by Crippen LogP contribution is 2.19. The van der Waals surface area contributed by atoms with Crippen molar-refractivity contribution in [2.45, 2.75) is 39.2 Å². The van der Waals surface area contributed by atoms with E-state index in [1.807, 2.05) is 25.2 Å². The highest BCUT2D eigenvalue weighted by molar-refractivity contribution is 14.0. The van der Waals surface area contributed by atoms with Gasteiger partial charge in [-0.15, -0.1) is 24.0 Å². The van der Waals surface area contributed by atoms with Gasteiger partial charge in [-0.25, -0.2) is 0 Å². The number of aliphatic imine (C=N–C) groups is 1. The molecule has 1 atom stereocenters. The molecule has 2 rings (SSSR count). The second kappa shape index (κ2) is 12.4. The third-order valence-electron chi connectivity index (χ3n) is 4.89. The average Bonchev–Trinajstić information content (AvgIpc) is 2.61. The van der Waals surface area contributed by atoms with E-state index in [9.17, 15) is 0 Å². The van der Waals surface area contributed by atoms with E-state index < -0.39 is 0 Å². The lowest BCUT2D eigenvalue weighted by Crippen LogP contribution is -2.42. The summed E-state index contributed by atoms with van der Waals surface area (Å²) in [7, 11) is 4.03. The standard InChI is InChI=1S/C20H34N4O.HI/c1-16-7-5-6-8-19(16)25-17(2)15-23-20(21-3)22-12-9-18-10-13-24(4)14-11-18;/h5-8,17-18H,9-15H2,1-4H3,(H2,21,22,23);1H. The number of likely N-dealkylation sites (tertiary alicyclic amines) is 1. The van der Waals surface area contributed by atoms with E-state index in [4.69, 9.17) is 4.74 Å². The molecule has 1 saturated heterocycles. The number of nitrogens with one attached hydrogen (secondary N) is 2. The highest BCUT2D eigenvalue weighted by atomic mass is 127. The molecule has 1 aromatic rings. The summed E-state index contributed by atoms with van der Waals surface area (Å²) < 4.78 is 6.00. The Bertz CT molecular complexity index is 544. The summed E-state index contributed by atoms with van der Waals surface area (Å²) in [5.74, 6) is 2.64. The second-order valence-electron chi connectivity index (χ2n) is 7.11. The van der Waals surface area contributed by atoms with Crippen LogP contribution in [0, 0.1) is 12.8 Å². The van der Waals surface area contributed by atoms with Crippen molar-refractivity contribution >= 4 is 29.9 Å². The van der Waals surface area contributed by atoms with Crippen molar-refractivity contribution in [2.24, 2.45) is 10.9 Å². The third kappa shape index (κ3) is 8.12. The number of aryl methyl sites for hydroxylation is 1. The number of hydrogen-bond donors (Lipinski definition) is 2. The van der Waals surface area contributed by atoms with Gasteiger partial charge in [-0.1, -0.05) is 18.2 Å². The van der Waals surface area contributed by atoms with Gasteiger partial charge in [-0.05, 0) is 70.8 Å². The van der Waals surface area contributed by atoms with Crippen LogP contribution in [0.15, 0.2) is 29.3 Å². The zero-order chi connectivity index (χ0) is 18.1. The number of benzene rings is 1. The van der Waals surface area contributed by atoms with Gasteiger partial charge in [-0.2, -0.15) is 0 Å². The van der Waals surface area contributed by atoms with Crippen molar-refractivity contribution < 1.29 is 4.74 Å². The molecule has 1 aliphatic heterocycles. The van der Waals surface area contributed by atoms with Crippen molar-refractivity contribution in [3.05, 3.63) is 29.8 Å². The van der Waals surface area contributed by atoms with Gasteiger partial charge in [0.1, 0.15) is 11.9 Å². The van der Waals surface area contributed by atoms with Gasteiger partial charge in [-0.3, -0.25) is 4.99 Å². The number of ether oxygens (including phenoxy) is 1. The zero-order valence-electron chi connectivity index (χ0n) is 16.6. The van der Waals surface area contributed by atoms with Gasteiger partial charge in [0.25, 0.3) is 0 Å². The van der Waals surface area contributed by atoms with Gasteiger partial charge in [0.2, 0.25) is 0 Å². The zero-order valence-corrected chi connectivity index (χ0v) is 19.0. The van der Waals surface area contributed by atoms with Gasteiger partial charge in [0.15, 0.2) is 5.96 Å². The average molecular weight is 474 g/mol. The summed E-state index contributed by atoms with van der Waals surface area (Å²) >= 11 is 0. The summed E-state index contributed by atoms with van der Waals surface area (Å²) in [5.41, 5.74) is 1.16. The molecule has 0 amide bonds. The summed E-state index contributed by atoms with van der Waals surface area (Å²) in [6, 6.07) is 8.12. The lowest BCUT2D eigenvalue weighted by Gasteiger charge is -2.29. The van der Waals surface area contributed by atoms with Crippen LogP contribution >= 0.6 is 24.0 Å². The van der Waals surface area contributed by atoms with E-state index in [0.717, 1.165) is 36.3 Å². The lowest BCUT2D eigenvalue weighted by molar-refractivity contribution is 0.212. The quantitative estimate of drug-likeness (QED) is 0.362. The molecule has 6 heteroatoms. The molecule has 0 aliphatic carbocycles. The summed E-state index contributed by atoms with van der Waals surface area (Å²) in [5, 5.41) is 6.79. The number of nitrogens with zero attached hydrogens (tertiary/aromatic N) is 2. The minimum absolute atomic E-state index is 0. The predicted octanol–water partition coefficient (Wildman–Crippen LogP) is 3.28. The third-order valence-corrected chi connectivity index (χ3v) is 4.89. The second-order valence-corrected chi connectivity index (χ2v) is 7.11. The maximum atomic E-state index is 6.00. The van der Waals surface area contributed by atoms with Crippen molar-refractivity contribution in [3.63, 3.8) is 0 Å². The molecule has 0 spiro atoms. The summed E-state index contributed by atoms with van der Waals surface area (Å²) in [6.07, 6.45) is 3.91. The molecule has 1 aliphatic rings. The molecule has 1 unspecified atom stereocenters. The van der Waals surface area contributed by atoms with Crippen LogP contribution in [0.2, 0.25) is 0 Å². The van der Waals surface area contributed by atoms with Crippen LogP contribution in [0.25, 0.3) is 0 Å².